The van der Waals surface area contributed by atoms with Crippen molar-refractivity contribution < 1.29 is 19.1 Å². The Labute approximate surface area is 202 Å². The lowest BCUT2D eigenvalue weighted by Gasteiger charge is -2.12. The molecule has 0 aliphatic rings. The van der Waals surface area contributed by atoms with Gasteiger partial charge >= 0.3 is 0 Å². The van der Waals surface area contributed by atoms with Crippen molar-refractivity contribution in [3.05, 3.63) is 95.1 Å². The number of benzene rings is 3. The molecule has 0 unspecified atom stereocenters. The zero-order chi connectivity index (χ0) is 24.5. The molecular weight excluding hydrogens is 452 g/mol. The number of amides is 3. The number of carbonyl (C=O) groups excluding carboxylic acids is 3. The highest BCUT2D eigenvalue weighted by molar-refractivity contribution is 7.80. The van der Waals surface area contributed by atoms with E-state index in [-0.39, 0.29) is 17.6 Å². The highest BCUT2D eigenvalue weighted by atomic mass is 32.1. The van der Waals surface area contributed by atoms with Crippen LogP contribution in [-0.2, 0) is 4.79 Å². The van der Waals surface area contributed by atoms with Gasteiger partial charge in [0.1, 0.15) is 5.75 Å². The van der Waals surface area contributed by atoms with Crippen LogP contribution in [0.25, 0.3) is 0 Å². The summed E-state index contributed by atoms with van der Waals surface area (Å²) in [7, 11) is 0. The molecule has 0 spiro atoms. The topological polar surface area (TPSA) is 109 Å². The summed E-state index contributed by atoms with van der Waals surface area (Å²) in [6, 6.07) is 20.9. The van der Waals surface area contributed by atoms with E-state index in [1.807, 2.05) is 44.2 Å². The molecule has 34 heavy (non-hydrogen) atoms. The van der Waals surface area contributed by atoms with Gasteiger partial charge in [0.2, 0.25) is 0 Å². The second-order valence-electron chi connectivity index (χ2n) is 7.41. The summed E-state index contributed by atoms with van der Waals surface area (Å²) in [6.45, 7) is 3.55. The lowest BCUT2D eigenvalue weighted by atomic mass is 10.1. The van der Waals surface area contributed by atoms with Gasteiger partial charge < -0.3 is 10.1 Å². The van der Waals surface area contributed by atoms with Gasteiger partial charge in [-0.1, -0.05) is 30.3 Å². The summed E-state index contributed by atoms with van der Waals surface area (Å²) >= 11 is 5.01. The van der Waals surface area contributed by atoms with Crippen molar-refractivity contribution in [2.75, 3.05) is 11.9 Å². The molecule has 174 valence electrons. The van der Waals surface area contributed by atoms with Crippen molar-refractivity contribution in [1.29, 1.82) is 0 Å². The molecule has 0 heterocycles. The summed E-state index contributed by atoms with van der Waals surface area (Å²) in [4.78, 5) is 36.7. The first-order valence-electron chi connectivity index (χ1n) is 10.4. The van der Waals surface area contributed by atoms with Crippen molar-refractivity contribution in [1.82, 2.24) is 16.2 Å². The minimum absolute atomic E-state index is 0.0756. The zero-order valence-electron chi connectivity index (χ0n) is 18.7. The van der Waals surface area contributed by atoms with E-state index in [0.717, 1.165) is 11.1 Å². The van der Waals surface area contributed by atoms with E-state index < -0.39 is 11.8 Å². The van der Waals surface area contributed by atoms with Gasteiger partial charge in [-0.3, -0.25) is 30.6 Å². The first kappa shape index (κ1) is 24.4. The van der Waals surface area contributed by atoms with Crippen molar-refractivity contribution >= 4 is 40.7 Å². The van der Waals surface area contributed by atoms with Crippen molar-refractivity contribution in [2.45, 2.75) is 13.8 Å². The molecule has 9 heteroatoms. The van der Waals surface area contributed by atoms with Crippen molar-refractivity contribution in [3.8, 4) is 5.75 Å². The molecule has 3 rings (SSSR count). The lowest BCUT2D eigenvalue weighted by molar-refractivity contribution is -0.121. The fraction of sp³-hybridized carbons (Fsp3) is 0.120. The van der Waals surface area contributed by atoms with Crippen LogP contribution >= 0.6 is 12.2 Å². The van der Waals surface area contributed by atoms with E-state index in [0.29, 0.717) is 22.6 Å². The standard InChI is InChI=1S/C25H24N4O4S/c1-16-6-5-8-20(14-16)33-15-22(30)27-25(34)29-28-23(31)18-10-12-19(13-11-18)26-24(32)21-9-4-3-7-17(21)2/h3-14H,15H2,1-2H3,(H,26,32)(H,28,31)(H2,27,29,30,34). The normalized spacial score (nSPS) is 10.1. The Hall–Kier alpha value is -4.24. The van der Waals surface area contributed by atoms with Crippen molar-refractivity contribution in [2.24, 2.45) is 0 Å². The molecule has 0 aromatic heterocycles. The number of rotatable bonds is 6. The number of anilines is 1. The van der Waals surface area contributed by atoms with Crippen LogP contribution in [0.15, 0.2) is 72.8 Å². The molecule has 4 N–H and O–H groups in total. The van der Waals surface area contributed by atoms with Crippen LogP contribution in [0.5, 0.6) is 5.75 Å². The Bertz CT molecular complexity index is 1210. The summed E-state index contributed by atoms with van der Waals surface area (Å²) < 4.78 is 5.40. The molecule has 0 saturated heterocycles. The quantitative estimate of drug-likeness (QED) is 0.321. The van der Waals surface area contributed by atoms with E-state index in [9.17, 15) is 14.4 Å². The number of hydrazine groups is 1. The van der Waals surface area contributed by atoms with Gasteiger partial charge in [0.05, 0.1) is 0 Å². The molecule has 3 aromatic rings. The summed E-state index contributed by atoms with van der Waals surface area (Å²) in [5.41, 5.74) is 8.21. The first-order chi connectivity index (χ1) is 16.3. The number of carbonyl (C=O) groups is 3. The van der Waals surface area contributed by atoms with Crippen LogP contribution < -0.4 is 26.2 Å². The summed E-state index contributed by atoms with van der Waals surface area (Å²) in [5.74, 6) is -0.600. The smallest absolute Gasteiger partial charge is 0.269 e. The van der Waals surface area contributed by atoms with Gasteiger partial charge in [0.15, 0.2) is 11.7 Å². The number of aryl methyl sites for hydroxylation is 2. The molecule has 0 atom stereocenters. The second-order valence-corrected chi connectivity index (χ2v) is 7.82. The Kier molecular flexibility index (Phi) is 8.31. The SMILES string of the molecule is Cc1cccc(OCC(=O)NC(=S)NNC(=O)c2ccc(NC(=O)c3ccccc3C)cc2)c1. The predicted octanol–water partition coefficient (Wildman–Crippen LogP) is 3.27. The van der Waals surface area contributed by atoms with E-state index in [4.69, 9.17) is 17.0 Å². The number of hydrogen-bond acceptors (Lipinski definition) is 5. The Morgan fingerprint density at radius 1 is 0.853 bits per heavy atom. The van der Waals surface area contributed by atoms with Crippen LogP contribution in [0.2, 0.25) is 0 Å². The number of thiocarbonyl (C=S) groups is 1. The third kappa shape index (κ3) is 7.14. The molecular formula is C25H24N4O4S. The largest absolute Gasteiger partial charge is 0.484 e. The minimum Gasteiger partial charge on any atom is -0.484 e. The van der Waals surface area contributed by atoms with Gasteiger partial charge in [-0.05, 0) is 79.7 Å². The van der Waals surface area contributed by atoms with Crippen LogP contribution in [-0.4, -0.2) is 29.4 Å². The maximum atomic E-state index is 12.4. The van der Waals surface area contributed by atoms with E-state index in [1.54, 1.807) is 42.5 Å². The summed E-state index contributed by atoms with van der Waals surface area (Å²) in [5, 5.41) is 5.14. The van der Waals surface area contributed by atoms with Gasteiger partial charge in [-0.15, -0.1) is 0 Å². The van der Waals surface area contributed by atoms with Crippen molar-refractivity contribution in [3.63, 3.8) is 0 Å². The van der Waals surface area contributed by atoms with E-state index >= 15 is 0 Å². The lowest BCUT2D eigenvalue weighted by Crippen LogP contribution is -2.49. The maximum Gasteiger partial charge on any atom is 0.269 e. The highest BCUT2D eigenvalue weighted by Crippen LogP contribution is 2.14. The van der Waals surface area contributed by atoms with Crippen LogP contribution in [0, 0.1) is 13.8 Å². The van der Waals surface area contributed by atoms with E-state index in [1.165, 1.54) is 0 Å². The molecule has 0 aliphatic carbocycles. The van der Waals surface area contributed by atoms with Gasteiger partial charge in [0.25, 0.3) is 17.7 Å². The maximum absolute atomic E-state index is 12.4. The predicted molar refractivity (Wildman–Crippen MR) is 134 cm³/mol. The molecule has 3 aromatic carbocycles. The average Bonchev–Trinajstić information content (AvgIpc) is 2.82. The Balaban J connectivity index is 1.43. The highest BCUT2D eigenvalue weighted by Gasteiger charge is 2.11. The molecule has 3 amide bonds. The molecule has 0 fully saturated rings. The second kappa shape index (κ2) is 11.6. The van der Waals surface area contributed by atoms with Crippen LogP contribution in [0.3, 0.4) is 0 Å². The molecule has 0 saturated carbocycles. The third-order valence-corrected chi connectivity index (χ3v) is 4.90. The Morgan fingerprint density at radius 2 is 1.59 bits per heavy atom. The number of hydrogen-bond donors (Lipinski definition) is 4. The fourth-order valence-corrected chi connectivity index (χ4v) is 3.13. The molecule has 0 aliphatic heterocycles. The first-order valence-corrected chi connectivity index (χ1v) is 10.8. The van der Waals surface area contributed by atoms with Gasteiger partial charge in [0, 0.05) is 16.8 Å². The molecule has 0 bridgehead atoms. The third-order valence-electron chi connectivity index (χ3n) is 4.70. The monoisotopic (exact) mass is 476 g/mol. The Morgan fingerprint density at radius 3 is 2.29 bits per heavy atom. The summed E-state index contributed by atoms with van der Waals surface area (Å²) in [6.07, 6.45) is 0. The number of nitrogens with one attached hydrogen (secondary N) is 4. The van der Waals surface area contributed by atoms with Crippen LogP contribution in [0.1, 0.15) is 31.8 Å². The number of ether oxygens (including phenoxy) is 1. The van der Waals surface area contributed by atoms with Gasteiger partial charge in [-0.2, -0.15) is 0 Å². The molecule has 0 radical (unpaired) electrons. The molecule has 8 nitrogen and oxygen atoms in total. The fourth-order valence-electron chi connectivity index (χ4n) is 2.96. The minimum atomic E-state index is -0.470. The van der Waals surface area contributed by atoms with Gasteiger partial charge in [-0.25, -0.2) is 0 Å². The van der Waals surface area contributed by atoms with E-state index in [2.05, 4.69) is 21.5 Å². The zero-order valence-corrected chi connectivity index (χ0v) is 19.5. The van der Waals surface area contributed by atoms with Crippen LogP contribution in [0.4, 0.5) is 5.69 Å². The average molecular weight is 477 g/mol.